The second-order valence-electron chi connectivity index (χ2n) is 10.6. The zero-order valence-corrected chi connectivity index (χ0v) is 24.7. The number of alkyl halides is 3. The molecule has 3 aromatic carbocycles. The van der Waals surface area contributed by atoms with E-state index in [1.54, 1.807) is 0 Å². The van der Waals surface area contributed by atoms with Crippen LogP contribution in [0.5, 0.6) is 0 Å². The fraction of sp³-hybridized carbons (Fsp3) is 0.387. The minimum absolute atomic E-state index is 0.00921. The third-order valence-corrected chi connectivity index (χ3v) is 7.97. The number of halogens is 3. The Morgan fingerprint density at radius 3 is 2.37 bits per heavy atom. The summed E-state index contributed by atoms with van der Waals surface area (Å²) in [6, 6.07) is 23.6. The zero-order valence-electron chi connectivity index (χ0n) is 22.4. The van der Waals surface area contributed by atoms with Gasteiger partial charge in [-0.2, -0.15) is 0 Å². The van der Waals surface area contributed by atoms with Gasteiger partial charge in [0.05, 0.1) is 24.9 Å². The van der Waals surface area contributed by atoms with Gasteiger partial charge < -0.3 is 25.0 Å². The van der Waals surface area contributed by atoms with Crippen molar-refractivity contribution >= 4 is 40.7 Å². The largest absolute Gasteiger partial charge is 0.392 e. The van der Waals surface area contributed by atoms with Gasteiger partial charge in [0.1, 0.15) is 0 Å². The molecule has 0 bridgehead atoms. The molecule has 10 heteroatoms. The molecule has 41 heavy (non-hydrogen) atoms. The Bertz CT molecular complexity index is 1330. The van der Waals surface area contributed by atoms with Crippen LogP contribution < -0.4 is 5.32 Å². The molecule has 3 aromatic rings. The first kappa shape index (κ1) is 30.3. The maximum atomic E-state index is 12.0. The van der Waals surface area contributed by atoms with Crippen LogP contribution in [-0.4, -0.2) is 56.7 Å². The van der Waals surface area contributed by atoms with E-state index >= 15 is 0 Å². The normalized spacial score (nSPS) is 23.4. The fourth-order valence-corrected chi connectivity index (χ4v) is 5.51. The Morgan fingerprint density at radius 1 is 0.951 bits per heavy atom. The Hall–Kier alpha value is -2.20. The van der Waals surface area contributed by atoms with Gasteiger partial charge in [0, 0.05) is 38.2 Å². The number of rotatable bonds is 8. The number of β-amino-alcohol motifs (C(OH)–C–C–N with tert-alkyl or cyclic N) is 1. The van der Waals surface area contributed by atoms with E-state index in [1.807, 2.05) is 66.7 Å². The molecular weight excluding hydrogens is 587 g/mol. The number of likely N-dealkylation sites (tertiary alicyclic amines) is 1. The Labute approximate surface area is 254 Å². The Morgan fingerprint density at radius 2 is 1.68 bits per heavy atom. The van der Waals surface area contributed by atoms with Crippen LogP contribution in [0.4, 0.5) is 0 Å². The fourth-order valence-electron chi connectivity index (χ4n) is 5.31. The van der Waals surface area contributed by atoms with Crippen molar-refractivity contribution in [1.82, 2.24) is 10.2 Å². The predicted molar refractivity (Wildman–Crippen MR) is 160 cm³/mol. The minimum atomic E-state index is -2.02. The predicted octanol–water partition coefficient (Wildman–Crippen LogP) is 5.44. The summed E-state index contributed by atoms with van der Waals surface area (Å²) in [6.07, 6.45) is 0.297. The average Bonchev–Trinajstić information content (AvgIpc) is 3.39. The van der Waals surface area contributed by atoms with Crippen LogP contribution in [0, 0.1) is 0 Å². The molecule has 4 atom stereocenters. The molecule has 7 nitrogen and oxygen atoms in total. The number of ether oxygens (including phenoxy) is 2. The summed E-state index contributed by atoms with van der Waals surface area (Å²) in [4.78, 5) is 14.2. The average molecular weight is 620 g/mol. The summed E-state index contributed by atoms with van der Waals surface area (Å²) in [6.45, 7) is 2.42. The lowest BCUT2D eigenvalue weighted by atomic mass is 9.98. The molecule has 0 unspecified atom stereocenters. The van der Waals surface area contributed by atoms with E-state index in [0.29, 0.717) is 19.5 Å². The molecule has 2 aliphatic heterocycles. The van der Waals surface area contributed by atoms with Crippen LogP contribution in [0.1, 0.15) is 47.5 Å². The lowest BCUT2D eigenvalue weighted by molar-refractivity contribution is -0.252. The van der Waals surface area contributed by atoms with Crippen LogP contribution in [0.3, 0.4) is 0 Å². The second kappa shape index (κ2) is 13.4. The molecule has 3 N–H and O–H groups in total. The van der Waals surface area contributed by atoms with Gasteiger partial charge >= 0.3 is 0 Å². The number of carbonyl (C=O) groups is 1. The summed E-state index contributed by atoms with van der Waals surface area (Å²) in [5.74, 6) is -0.681. The lowest BCUT2D eigenvalue weighted by Crippen LogP contribution is -2.38. The van der Waals surface area contributed by atoms with Crippen molar-refractivity contribution in [3.05, 3.63) is 95.1 Å². The molecule has 5 rings (SSSR count). The van der Waals surface area contributed by atoms with E-state index in [9.17, 15) is 15.0 Å². The molecule has 2 fully saturated rings. The minimum Gasteiger partial charge on any atom is -0.392 e. The number of amides is 1. The first-order valence-corrected chi connectivity index (χ1v) is 14.8. The third-order valence-electron chi connectivity index (χ3n) is 7.45. The van der Waals surface area contributed by atoms with Crippen molar-refractivity contribution in [2.24, 2.45) is 0 Å². The number of hydrogen-bond donors (Lipinski definition) is 3. The lowest BCUT2D eigenvalue weighted by Gasteiger charge is -2.38. The molecule has 218 valence electrons. The maximum Gasteiger partial charge on any atom is 0.272 e. The summed E-state index contributed by atoms with van der Waals surface area (Å²) < 4.78 is 11.0. The van der Waals surface area contributed by atoms with Crippen molar-refractivity contribution < 1.29 is 24.5 Å². The summed E-state index contributed by atoms with van der Waals surface area (Å²) >= 11 is 17.0. The highest BCUT2D eigenvalue weighted by atomic mass is 35.6. The summed E-state index contributed by atoms with van der Waals surface area (Å²) in [5, 5.41) is 22.1. The third kappa shape index (κ3) is 8.00. The maximum absolute atomic E-state index is 12.0. The van der Waals surface area contributed by atoms with Gasteiger partial charge in [-0.1, -0.05) is 95.5 Å². The monoisotopic (exact) mass is 618 g/mol. The number of hydrogen-bond acceptors (Lipinski definition) is 6. The zero-order chi connectivity index (χ0) is 29.0. The van der Waals surface area contributed by atoms with E-state index < -0.39 is 16.0 Å². The molecule has 0 aromatic heterocycles. The van der Waals surface area contributed by atoms with Crippen molar-refractivity contribution in [2.45, 2.75) is 54.4 Å². The summed E-state index contributed by atoms with van der Waals surface area (Å²) in [7, 11) is 0. The molecule has 1 amide bonds. The van der Waals surface area contributed by atoms with Crippen molar-refractivity contribution in [1.29, 1.82) is 0 Å². The Balaban J connectivity index is 1.35. The van der Waals surface area contributed by atoms with E-state index in [-0.39, 0.29) is 31.5 Å². The first-order chi connectivity index (χ1) is 19.7. The summed E-state index contributed by atoms with van der Waals surface area (Å²) in [5.41, 5.74) is 5.56. The molecule has 2 aliphatic rings. The Kier molecular flexibility index (Phi) is 9.89. The smallest absolute Gasteiger partial charge is 0.272 e. The number of nitrogens with one attached hydrogen (secondary N) is 1. The van der Waals surface area contributed by atoms with Gasteiger partial charge in [-0.25, -0.2) is 0 Å². The first-order valence-electron chi connectivity index (χ1n) is 13.6. The van der Waals surface area contributed by atoms with Gasteiger partial charge in [-0.05, 0) is 46.4 Å². The van der Waals surface area contributed by atoms with Crippen LogP contribution >= 0.6 is 34.8 Å². The number of nitrogens with zero attached hydrogens (tertiary/aromatic N) is 1. The van der Waals surface area contributed by atoms with E-state index in [2.05, 4.69) is 16.3 Å². The molecule has 0 aliphatic carbocycles. The SMILES string of the molecule is O=C(NCc1cccc(-c2cccc([C@@H]3O[C@H](CN4CC[C@H](O)C4)C[C@H](c4ccc(CO)cc4)O3)c2)c1)C(Cl)(Cl)Cl. The molecule has 0 saturated carbocycles. The molecule has 2 heterocycles. The van der Waals surface area contributed by atoms with Gasteiger partial charge in [0.15, 0.2) is 6.29 Å². The van der Waals surface area contributed by atoms with Gasteiger partial charge in [-0.3, -0.25) is 9.69 Å². The standard InChI is InChI=1S/C31H33Cl3N2O5/c32-31(33,34)30(39)35-16-21-3-1-4-23(13-21)24-5-2-6-25(14-24)29-40-27(18-36-12-11-26(38)17-36)15-28(41-29)22-9-7-20(19-37)8-10-22/h1-10,13-14,26-29,37-38H,11-12,15-19H2,(H,35,39)/t26-,27-,28+,29+/m0/s1. The van der Waals surface area contributed by atoms with Crippen LogP contribution in [0.15, 0.2) is 72.8 Å². The van der Waals surface area contributed by atoms with Gasteiger partial charge in [0.25, 0.3) is 9.70 Å². The van der Waals surface area contributed by atoms with Crippen molar-refractivity contribution in [2.75, 3.05) is 19.6 Å². The number of aliphatic hydroxyl groups is 2. The van der Waals surface area contributed by atoms with E-state index in [1.165, 1.54) is 0 Å². The molecule has 0 spiro atoms. The number of carbonyl (C=O) groups excluding carboxylic acids is 1. The topological polar surface area (TPSA) is 91.3 Å². The highest BCUT2D eigenvalue weighted by molar-refractivity contribution is 6.76. The number of benzene rings is 3. The van der Waals surface area contributed by atoms with Crippen molar-refractivity contribution in [3.63, 3.8) is 0 Å². The number of aliphatic hydroxyl groups excluding tert-OH is 2. The van der Waals surface area contributed by atoms with Gasteiger partial charge in [-0.15, -0.1) is 0 Å². The quantitative estimate of drug-likeness (QED) is 0.291. The van der Waals surface area contributed by atoms with Crippen LogP contribution in [0.2, 0.25) is 0 Å². The molecule has 2 saturated heterocycles. The van der Waals surface area contributed by atoms with Crippen LogP contribution in [-0.2, 0) is 27.4 Å². The van der Waals surface area contributed by atoms with E-state index in [0.717, 1.165) is 46.3 Å². The second-order valence-corrected chi connectivity index (χ2v) is 12.8. The van der Waals surface area contributed by atoms with E-state index in [4.69, 9.17) is 44.3 Å². The van der Waals surface area contributed by atoms with Crippen LogP contribution in [0.25, 0.3) is 11.1 Å². The molecular formula is C31H33Cl3N2O5. The highest BCUT2D eigenvalue weighted by Crippen LogP contribution is 2.39. The van der Waals surface area contributed by atoms with Gasteiger partial charge in [0.2, 0.25) is 0 Å². The highest BCUT2D eigenvalue weighted by Gasteiger charge is 2.34. The van der Waals surface area contributed by atoms with Crippen molar-refractivity contribution in [3.8, 4) is 11.1 Å². The molecule has 0 radical (unpaired) electrons.